The van der Waals surface area contributed by atoms with Crippen LogP contribution in [0.25, 0.3) is 43.9 Å². The Bertz CT molecular complexity index is 1100. The van der Waals surface area contributed by atoms with E-state index in [2.05, 4.69) is 0 Å². The molecule has 0 atom stereocenters. The molecule has 0 fully saturated rings. The van der Waals surface area contributed by atoms with E-state index in [0.29, 0.717) is 11.2 Å². The zero-order valence-corrected chi connectivity index (χ0v) is 11.3. The summed E-state index contributed by atoms with van der Waals surface area (Å²) in [6, 6.07) is 13.9. The molecule has 0 saturated carbocycles. The quantitative estimate of drug-likeness (QED) is 0.426. The van der Waals surface area contributed by atoms with Crippen molar-refractivity contribution in [1.82, 2.24) is 0 Å². The van der Waals surface area contributed by atoms with E-state index in [0.717, 1.165) is 32.7 Å². The largest absolute Gasteiger partial charge is 0.508 e. The van der Waals surface area contributed by atoms with Gasteiger partial charge >= 0.3 is 0 Å². The van der Waals surface area contributed by atoms with Gasteiger partial charge in [-0.25, -0.2) is 0 Å². The average Bonchev–Trinajstić information content (AvgIpc) is 3.02. The Morgan fingerprint density at radius 2 is 0.909 bits per heavy atom. The predicted molar refractivity (Wildman–Crippen MR) is 84.3 cm³/mol. The molecule has 0 amide bonds. The fourth-order valence-corrected chi connectivity index (χ4v) is 3.02. The maximum Gasteiger partial charge on any atom is 0.136 e. The molecule has 2 N–H and O–H groups in total. The summed E-state index contributed by atoms with van der Waals surface area (Å²) in [5.41, 5.74) is 2.87. The van der Waals surface area contributed by atoms with Crippen LogP contribution < -0.4 is 0 Å². The number of hydrogen-bond donors (Lipinski definition) is 2. The summed E-state index contributed by atoms with van der Waals surface area (Å²) in [5, 5.41) is 22.8. The monoisotopic (exact) mass is 290 g/mol. The third kappa shape index (κ3) is 1.41. The minimum Gasteiger partial charge on any atom is -0.508 e. The van der Waals surface area contributed by atoms with Crippen molar-refractivity contribution >= 4 is 43.9 Å². The van der Waals surface area contributed by atoms with E-state index < -0.39 is 0 Å². The molecule has 5 aromatic rings. The van der Waals surface area contributed by atoms with Gasteiger partial charge in [-0.15, -0.1) is 0 Å². The second kappa shape index (κ2) is 3.74. The van der Waals surface area contributed by atoms with E-state index in [1.165, 1.54) is 0 Å². The number of fused-ring (bicyclic) bond motifs is 6. The highest BCUT2D eigenvalue weighted by atomic mass is 16.3. The van der Waals surface area contributed by atoms with Crippen LogP contribution in [0.15, 0.2) is 57.4 Å². The Kier molecular flexibility index (Phi) is 1.96. The molecule has 22 heavy (non-hydrogen) atoms. The summed E-state index contributed by atoms with van der Waals surface area (Å²) in [5.74, 6) is 0.398. The first-order valence-electron chi connectivity index (χ1n) is 6.89. The molecule has 2 aromatic heterocycles. The summed E-state index contributed by atoms with van der Waals surface area (Å²) in [6.07, 6.45) is 0. The summed E-state index contributed by atoms with van der Waals surface area (Å²) >= 11 is 0. The minimum atomic E-state index is 0.199. The molecule has 0 saturated heterocycles. The molecule has 0 unspecified atom stereocenters. The molecule has 0 bridgehead atoms. The predicted octanol–water partition coefficient (Wildman–Crippen LogP) is 4.90. The van der Waals surface area contributed by atoms with Crippen LogP contribution in [0.2, 0.25) is 0 Å². The van der Waals surface area contributed by atoms with Gasteiger partial charge in [-0.1, -0.05) is 0 Å². The van der Waals surface area contributed by atoms with E-state index in [9.17, 15) is 10.2 Å². The topological polar surface area (TPSA) is 66.7 Å². The second-order valence-corrected chi connectivity index (χ2v) is 5.41. The lowest BCUT2D eigenvalue weighted by molar-refractivity contribution is 0.475. The highest BCUT2D eigenvalue weighted by Gasteiger charge is 2.13. The van der Waals surface area contributed by atoms with Gasteiger partial charge in [-0.2, -0.15) is 0 Å². The van der Waals surface area contributed by atoms with Gasteiger partial charge in [0.05, 0.1) is 0 Å². The lowest BCUT2D eigenvalue weighted by Gasteiger charge is -1.92. The van der Waals surface area contributed by atoms with Crippen LogP contribution in [0, 0.1) is 0 Å². The molecule has 3 aromatic carbocycles. The number of benzene rings is 3. The first kappa shape index (κ1) is 11.5. The summed E-state index contributed by atoms with van der Waals surface area (Å²) in [4.78, 5) is 0. The molecular weight excluding hydrogens is 280 g/mol. The Morgan fingerprint density at radius 3 is 1.36 bits per heavy atom. The molecule has 5 rings (SSSR count). The smallest absolute Gasteiger partial charge is 0.136 e. The van der Waals surface area contributed by atoms with E-state index in [4.69, 9.17) is 8.83 Å². The molecule has 2 heterocycles. The fourth-order valence-electron chi connectivity index (χ4n) is 3.02. The van der Waals surface area contributed by atoms with Gasteiger partial charge < -0.3 is 19.0 Å². The molecule has 0 aliphatic carbocycles. The number of phenols is 2. The molecule has 0 aliphatic heterocycles. The van der Waals surface area contributed by atoms with Crippen LogP contribution in [0.3, 0.4) is 0 Å². The van der Waals surface area contributed by atoms with E-state index in [-0.39, 0.29) is 11.5 Å². The Labute approximate surface area is 123 Å². The number of aromatic hydroxyl groups is 2. The fraction of sp³-hybridized carbons (Fsp3) is 0. The molecule has 0 radical (unpaired) electrons. The van der Waals surface area contributed by atoms with Crippen LogP contribution in [0.5, 0.6) is 11.5 Å². The molecule has 0 aliphatic rings. The number of hydrogen-bond acceptors (Lipinski definition) is 4. The zero-order valence-electron chi connectivity index (χ0n) is 11.3. The Hall–Kier alpha value is -3.14. The van der Waals surface area contributed by atoms with Crippen LogP contribution in [0.1, 0.15) is 0 Å². The number of furan rings is 2. The molecule has 4 nitrogen and oxygen atoms in total. The van der Waals surface area contributed by atoms with Crippen LogP contribution >= 0.6 is 0 Å². The number of rotatable bonds is 0. The maximum atomic E-state index is 9.67. The SMILES string of the molecule is Oc1ccc2oc3cc4c(cc3c2c1)oc1ccc(O)cc14. The standard InChI is InChI=1S/C18H10O4/c19-9-1-3-15-11(5-9)13-7-18-14(8-17(13)21-15)12-6-10(20)2-4-16(12)22-18/h1-8,19-20H. The summed E-state index contributed by atoms with van der Waals surface area (Å²) < 4.78 is 11.7. The number of phenolic OH excluding ortho intramolecular Hbond substituents is 2. The van der Waals surface area contributed by atoms with Crippen molar-refractivity contribution in [2.45, 2.75) is 0 Å². The van der Waals surface area contributed by atoms with Crippen molar-refractivity contribution in [2.75, 3.05) is 0 Å². The molecule has 0 spiro atoms. The van der Waals surface area contributed by atoms with E-state index in [1.807, 2.05) is 12.1 Å². The lowest BCUT2D eigenvalue weighted by Crippen LogP contribution is -1.69. The van der Waals surface area contributed by atoms with Gasteiger partial charge in [0.15, 0.2) is 0 Å². The highest BCUT2D eigenvalue weighted by molar-refractivity contribution is 6.15. The summed E-state index contributed by atoms with van der Waals surface area (Å²) in [6.45, 7) is 0. The van der Waals surface area contributed by atoms with Crippen molar-refractivity contribution in [1.29, 1.82) is 0 Å². The van der Waals surface area contributed by atoms with Gasteiger partial charge in [0.1, 0.15) is 33.8 Å². The van der Waals surface area contributed by atoms with Gasteiger partial charge in [-0.3, -0.25) is 0 Å². The van der Waals surface area contributed by atoms with Gasteiger partial charge in [0, 0.05) is 21.5 Å². The van der Waals surface area contributed by atoms with Gasteiger partial charge in [0.2, 0.25) is 0 Å². The molecular formula is C18H10O4. The van der Waals surface area contributed by atoms with E-state index in [1.54, 1.807) is 36.4 Å². The average molecular weight is 290 g/mol. The Morgan fingerprint density at radius 1 is 0.500 bits per heavy atom. The third-order valence-electron chi connectivity index (χ3n) is 4.03. The van der Waals surface area contributed by atoms with Gasteiger partial charge in [-0.05, 0) is 48.5 Å². The first-order chi connectivity index (χ1) is 10.7. The highest BCUT2D eigenvalue weighted by Crippen LogP contribution is 2.38. The van der Waals surface area contributed by atoms with Crippen molar-refractivity contribution in [2.24, 2.45) is 0 Å². The van der Waals surface area contributed by atoms with Crippen molar-refractivity contribution in [3.63, 3.8) is 0 Å². The van der Waals surface area contributed by atoms with Crippen molar-refractivity contribution < 1.29 is 19.0 Å². The zero-order chi connectivity index (χ0) is 14.8. The second-order valence-electron chi connectivity index (χ2n) is 5.41. The van der Waals surface area contributed by atoms with Gasteiger partial charge in [0.25, 0.3) is 0 Å². The van der Waals surface area contributed by atoms with Crippen LogP contribution in [-0.2, 0) is 0 Å². The molecule has 4 heteroatoms. The maximum absolute atomic E-state index is 9.67. The third-order valence-corrected chi connectivity index (χ3v) is 4.03. The Balaban J connectivity index is 1.99. The first-order valence-corrected chi connectivity index (χ1v) is 6.89. The summed E-state index contributed by atoms with van der Waals surface area (Å²) in [7, 11) is 0. The lowest BCUT2D eigenvalue weighted by atomic mass is 10.1. The normalized spacial score (nSPS) is 12.0. The van der Waals surface area contributed by atoms with Crippen LogP contribution in [-0.4, -0.2) is 10.2 Å². The minimum absolute atomic E-state index is 0.199. The van der Waals surface area contributed by atoms with Crippen LogP contribution in [0.4, 0.5) is 0 Å². The van der Waals surface area contributed by atoms with Crippen molar-refractivity contribution in [3.05, 3.63) is 48.5 Å². The molecule has 106 valence electrons. The van der Waals surface area contributed by atoms with E-state index >= 15 is 0 Å². The van der Waals surface area contributed by atoms with Crippen molar-refractivity contribution in [3.8, 4) is 11.5 Å².